The van der Waals surface area contributed by atoms with Gasteiger partial charge in [0.15, 0.2) is 0 Å². The maximum atomic E-state index is 15.1. The lowest BCUT2D eigenvalue weighted by Gasteiger charge is -2.39. The van der Waals surface area contributed by atoms with Gasteiger partial charge in [-0.2, -0.15) is 9.97 Å². The van der Waals surface area contributed by atoms with Gasteiger partial charge in [0.2, 0.25) is 0 Å². The molecule has 0 N–H and O–H groups in total. The van der Waals surface area contributed by atoms with Crippen molar-refractivity contribution in [3.05, 3.63) is 82.8 Å². The Kier molecular flexibility index (Phi) is 7.34. The van der Waals surface area contributed by atoms with E-state index in [1.54, 1.807) is 12.3 Å². The molecule has 1 saturated heterocycles. The highest BCUT2D eigenvalue weighted by molar-refractivity contribution is 5.95. The van der Waals surface area contributed by atoms with Gasteiger partial charge in [-0.15, -0.1) is 0 Å². The van der Waals surface area contributed by atoms with Crippen LogP contribution in [0.1, 0.15) is 29.3 Å². The Bertz CT molecular complexity index is 1660. The molecule has 7 rings (SSSR count). The molecule has 0 aliphatic carbocycles. The molecule has 0 amide bonds. The largest absolute Gasteiger partial charge is 0.462 e. The molecule has 0 radical (unpaired) electrons. The van der Waals surface area contributed by atoms with Crippen LogP contribution >= 0.6 is 0 Å². The number of hydrogen-bond acceptors (Lipinski definition) is 8. The first-order valence-corrected chi connectivity index (χ1v) is 15.1. The second-order valence-electron chi connectivity index (χ2n) is 12.2. The van der Waals surface area contributed by atoms with Gasteiger partial charge in [0.25, 0.3) is 0 Å². The Morgan fingerprint density at radius 1 is 0.930 bits per heavy atom. The quantitative estimate of drug-likeness (QED) is 0.341. The van der Waals surface area contributed by atoms with E-state index in [1.165, 1.54) is 12.3 Å². The molecule has 10 heteroatoms. The number of halogens is 2. The first-order chi connectivity index (χ1) is 20.9. The number of benzene rings is 2. The number of hydrogen-bond donors (Lipinski definition) is 0. The van der Waals surface area contributed by atoms with Gasteiger partial charge in [-0.3, -0.25) is 9.88 Å². The molecule has 8 nitrogen and oxygen atoms in total. The van der Waals surface area contributed by atoms with Crippen molar-refractivity contribution >= 4 is 22.3 Å². The molecular formula is C33H37F2N7O. The van der Waals surface area contributed by atoms with Crippen molar-refractivity contribution in [2.45, 2.75) is 44.9 Å². The molecule has 5 heterocycles. The van der Waals surface area contributed by atoms with Crippen molar-refractivity contribution in [2.24, 2.45) is 0 Å². The molecule has 3 aliphatic rings. The Hall–Kier alpha value is -3.89. The second kappa shape index (κ2) is 11.3. The van der Waals surface area contributed by atoms with Crippen LogP contribution in [0.2, 0.25) is 0 Å². The van der Waals surface area contributed by atoms with E-state index in [2.05, 4.69) is 45.6 Å². The van der Waals surface area contributed by atoms with Crippen LogP contribution in [0, 0.1) is 11.6 Å². The highest BCUT2D eigenvalue weighted by atomic mass is 19.1. The Labute approximate surface area is 250 Å². The van der Waals surface area contributed by atoms with E-state index >= 15 is 4.39 Å². The zero-order chi connectivity index (χ0) is 29.7. The zero-order valence-corrected chi connectivity index (χ0v) is 24.9. The smallest absolute Gasteiger partial charge is 0.318 e. The lowest BCUT2D eigenvalue weighted by atomic mass is 9.95. The molecular weight excluding hydrogens is 548 g/mol. The van der Waals surface area contributed by atoms with Gasteiger partial charge in [0.1, 0.15) is 24.1 Å². The molecule has 0 bridgehead atoms. The van der Waals surface area contributed by atoms with Gasteiger partial charge in [-0.1, -0.05) is 24.3 Å². The van der Waals surface area contributed by atoms with Crippen molar-refractivity contribution in [1.29, 1.82) is 0 Å². The SMILES string of the molecule is C[C@H]1Cc2cncc(F)c2CN1c1nc(OC[C@@H]2CN(C)CCN2C)nc2c1CCN(c1cccc3cccc(F)c13)C2. The fraction of sp³-hybridized carbons (Fsp3) is 0.424. The van der Waals surface area contributed by atoms with Crippen LogP contribution in [-0.4, -0.2) is 83.7 Å². The number of aromatic nitrogens is 3. The van der Waals surface area contributed by atoms with Gasteiger partial charge in [0.05, 0.1) is 24.5 Å². The van der Waals surface area contributed by atoms with Crippen molar-refractivity contribution in [2.75, 3.05) is 56.7 Å². The topological polar surface area (TPSA) is 60.9 Å². The minimum Gasteiger partial charge on any atom is -0.462 e. The predicted octanol–water partition coefficient (Wildman–Crippen LogP) is 4.44. The van der Waals surface area contributed by atoms with Gasteiger partial charge in [0, 0.05) is 67.2 Å². The fourth-order valence-electron chi connectivity index (χ4n) is 6.78. The number of fused-ring (bicyclic) bond motifs is 3. The minimum atomic E-state index is -0.289. The summed E-state index contributed by atoms with van der Waals surface area (Å²) in [7, 11) is 4.25. The van der Waals surface area contributed by atoms with Crippen LogP contribution in [-0.2, 0) is 25.9 Å². The van der Waals surface area contributed by atoms with E-state index in [9.17, 15) is 4.39 Å². The highest BCUT2D eigenvalue weighted by Crippen LogP contribution is 2.37. The zero-order valence-electron chi connectivity index (χ0n) is 24.9. The Morgan fingerprint density at radius 2 is 1.77 bits per heavy atom. The molecule has 0 spiro atoms. The normalized spacial score (nSPS) is 21.1. The van der Waals surface area contributed by atoms with Crippen LogP contribution in [0.4, 0.5) is 20.3 Å². The fourth-order valence-corrected chi connectivity index (χ4v) is 6.78. The van der Waals surface area contributed by atoms with Crippen LogP contribution in [0.25, 0.3) is 10.8 Å². The van der Waals surface area contributed by atoms with Crippen LogP contribution in [0.3, 0.4) is 0 Å². The summed E-state index contributed by atoms with van der Waals surface area (Å²) in [5.74, 6) is 0.278. The predicted molar refractivity (Wildman–Crippen MR) is 164 cm³/mol. The molecule has 4 aromatic rings. The summed E-state index contributed by atoms with van der Waals surface area (Å²) in [5, 5.41) is 1.49. The van der Waals surface area contributed by atoms with Crippen molar-refractivity contribution < 1.29 is 13.5 Å². The van der Waals surface area contributed by atoms with Crippen molar-refractivity contribution in [3.63, 3.8) is 0 Å². The van der Waals surface area contributed by atoms with Gasteiger partial charge < -0.3 is 19.4 Å². The summed E-state index contributed by atoms with van der Waals surface area (Å²) < 4.78 is 36.3. The molecule has 2 atom stereocenters. The average molecular weight is 586 g/mol. The summed E-state index contributed by atoms with van der Waals surface area (Å²) in [6, 6.07) is 11.7. The number of nitrogens with zero attached hydrogens (tertiary/aromatic N) is 7. The molecule has 2 aromatic heterocycles. The summed E-state index contributed by atoms with van der Waals surface area (Å²) in [6.45, 7) is 7.11. The third kappa shape index (κ3) is 5.27. The lowest BCUT2D eigenvalue weighted by molar-refractivity contribution is 0.0749. The number of rotatable bonds is 5. The maximum Gasteiger partial charge on any atom is 0.318 e. The summed E-state index contributed by atoms with van der Waals surface area (Å²) >= 11 is 0. The summed E-state index contributed by atoms with van der Waals surface area (Å²) in [4.78, 5) is 23.0. The van der Waals surface area contributed by atoms with Crippen molar-refractivity contribution in [1.82, 2.24) is 24.8 Å². The van der Waals surface area contributed by atoms with Crippen LogP contribution < -0.4 is 14.5 Å². The molecule has 3 aliphatic heterocycles. The third-order valence-electron chi connectivity index (χ3n) is 9.32. The number of ether oxygens (including phenoxy) is 1. The molecule has 0 saturated carbocycles. The molecule has 224 valence electrons. The van der Waals surface area contributed by atoms with E-state index < -0.39 is 0 Å². The Morgan fingerprint density at radius 3 is 2.63 bits per heavy atom. The molecule has 43 heavy (non-hydrogen) atoms. The summed E-state index contributed by atoms with van der Waals surface area (Å²) in [6.07, 6.45) is 4.42. The minimum absolute atomic E-state index is 0.0891. The van der Waals surface area contributed by atoms with Gasteiger partial charge in [-0.05, 0) is 56.9 Å². The number of piperazine rings is 1. The van der Waals surface area contributed by atoms with Crippen molar-refractivity contribution in [3.8, 4) is 6.01 Å². The number of pyridine rings is 1. The summed E-state index contributed by atoms with van der Waals surface area (Å²) in [5.41, 5.74) is 4.37. The Balaban J connectivity index is 1.26. The average Bonchev–Trinajstić information content (AvgIpc) is 3.00. The maximum absolute atomic E-state index is 15.1. The first kappa shape index (κ1) is 27.9. The molecule has 0 unspecified atom stereocenters. The lowest BCUT2D eigenvalue weighted by Crippen LogP contribution is -2.52. The van der Waals surface area contributed by atoms with Gasteiger partial charge >= 0.3 is 6.01 Å². The van der Waals surface area contributed by atoms with Crippen LogP contribution in [0.5, 0.6) is 6.01 Å². The second-order valence-corrected chi connectivity index (χ2v) is 12.2. The monoisotopic (exact) mass is 585 g/mol. The van der Waals surface area contributed by atoms with E-state index in [0.717, 1.165) is 53.3 Å². The van der Waals surface area contributed by atoms with E-state index in [4.69, 9.17) is 14.7 Å². The molecule has 2 aromatic carbocycles. The van der Waals surface area contributed by atoms with E-state index in [0.29, 0.717) is 56.0 Å². The molecule has 1 fully saturated rings. The first-order valence-electron chi connectivity index (χ1n) is 15.1. The number of anilines is 2. The third-order valence-corrected chi connectivity index (χ3v) is 9.32. The standard InChI is InChI=1S/C33H37F2N7O/c1-21-14-23-15-36-16-28(35)26(23)18-42(21)32-25-10-11-41(30-9-5-7-22-6-4-8-27(34)31(22)30)19-29(25)37-33(38-32)43-20-24-17-39(2)12-13-40(24)3/h4-9,15-16,21,24H,10-14,17-20H2,1-3H3/t21-,24-/m0/s1. The number of likely N-dealkylation sites (N-methyl/N-ethyl adjacent to an activating group) is 2. The van der Waals surface area contributed by atoms with Gasteiger partial charge in [-0.25, -0.2) is 8.78 Å². The van der Waals surface area contributed by atoms with E-state index in [-0.39, 0.29) is 23.7 Å². The van der Waals surface area contributed by atoms with E-state index in [1.807, 2.05) is 24.3 Å². The van der Waals surface area contributed by atoms with Crippen LogP contribution in [0.15, 0.2) is 48.8 Å². The highest BCUT2D eigenvalue weighted by Gasteiger charge is 2.33.